The number of fused-ring (bicyclic) bond motifs is 1. The zero-order chi connectivity index (χ0) is 26.9. The van der Waals surface area contributed by atoms with Crippen molar-refractivity contribution in [1.82, 2.24) is 15.5 Å². The average Bonchev–Trinajstić information content (AvgIpc) is 3.47. The van der Waals surface area contributed by atoms with Gasteiger partial charge < -0.3 is 20.6 Å². The summed E-state index contributed by atoms with van der Waals surface area (Å²) in [5.41, 5.74) is 0.996. The molecule has 2 bridgehead atoms. The standard InChI is InChI=1S/C28H40BrN3O4S/c1-5-10-17(4)31-26(35)24-28-13-19(29)23(37-28)21(25(34)30-14-18-11-8-7-9-12-18)22(28)27(36)32(24)20(15-33)16(3)6-2/h7-9,11-12,16-17,19-24,33H,5-6,10,13-15H2,1-4H3,(H,30,34)(H,31,35)/t16-,17?,19?,20-,21+,22-,23+,24?,28?/m0/s1. The summed E-state index contributed by atoms with van der Waals surface area (Å²) in [4.78, 5) is 43.5. The van der Waals surface area contributed by atoms with Crippen LogP contribution in [-0.2, 0) is 20.9 Å². The second-order valence-corrected chi connectivity index (χ2v) is 13.7. The Kier molecular flexibility index (Phi) is 8.96. The number of aliphatic hydroxyl groups is 1. The molecule has 0 saturated carbocycles. The maximum absolute atomic E-state index is 14.2. The van der Waals surface area contributed by atoms with Gasteiger partial charge in [-0.2, -0.15) is 0 Å². The van der Waals surface area contributed by atoms with Gasteiger partial charge in [0.1, 0.15) is 6.04 Å². The van der Waals surface area contributed by atoms with Crippen molar-refractivity contribution in [2.45, 2.75) is 92.9 Å². The molecule has 0 radical (unpaired) electrons. The van der Waals surface area contributed by atoms with Gasteiger partial charge in [-0.05, 0) is 31.2 Å². The highest BCUT2D eigenvalue weighted by molar-refractivity contribution is 9.09. The molecule has 1 aromatic rings. The molecule has 1 aromatic carbocycles. The number of hydrogen-bond donors (Lipinski definition) is 3. The van der Waals surface area contributed by atoms with E-state index < -0.39 is 28.7 Å². The van der Waals surface area contributed by atoms with Crippen LogP contribution in [0.5, 0.6) is 0 Å². The highest BCUT2D eigenvalue weighted by Crippen LogP contribution is 2.68. The van der Waals surface area contributed by atoms with Crippen LogP contribution in [0.25, 0.3) is 0 Å². The fourth-order valence-electron chi connectivity index (χ4n) is 6.57. The zero-order valence-corrected chi connectivity index (χ0v) is 24.6. The van der Waals surface area contributed by atoms with Crippen LogP contribution in [-0.4, -0.2) is 67.3 Å². The summed E-state index contributed by atoms with van der Waals surface area (Å²) >= 11 is 5.44. The largest absolute Gasteiger partial charge is 0.394 e. The minimum absolute atomic E-state index is 0.0138. The minimum Gasteiger partial charge on any atom is -0.394 e. The molecular formula is C28H40BrN3O4S. The molecule has 7 nitrogen and oxygen atoms in total. The van der Waals surface area contributed by atoms with Gasteiger partial charge in [0.2, 0.25) is 17.7 Å². The fourth-order valence-corrected chi connectivity index (χ4v) is 10.2. The van der Waals surface area contributed by atoms with Gasteiger partial charge in [0.25, 0.3) is 0 Å². The minimum atomic E-state index is -0.725. The summed E-state index contributed by atoms with van der Waals surface area (Å²) in [6.45, 7) is 8.28. The highest BCUT2D eigenvalue weighted by atomic mass is 79.9. The van der Waals surface area contributed by atoms with E-state index in [1.165, 1.54) is 0 Å². The van der Waals surface area contributed by atoms with Crippen LogP contribution in [0.3, 0.4) is 0 Å². The molecule has 4 unspecified atom stereocenters. The summed E-state index contributed by atoms with van der Waals surface area (Å²) < 4.78 is -0.707. The van der Waals surface area contributed by atoms with Crippen molar-refractivity contribution < 1.29 is 19.5 Å². The SMILES string of the molecule is CCCC(C)NC(=O)C1N([C@@H](CO)[C@@H](C)CC)C(=O)[C@@H]2[C@@H](C(=O)NCc3ccccc3)[C@@H]3SC12CC3Br. The second-order valence-electron chi connectivity index (χ2n) is 10.9. The first-order valence-electron chi connectivity index (χ1n) is 13.6. The van der Waals surface area contributed by atoms with Gasteiger partial charge in [-0.25, -0.2) is 0 Å². The Labute approximate surface area is 233 Å². The number of hydrogen-bond acceptors (Lipinski definition) is 5. The van der Waals surface area contributed by atoms with E-state index in [1.54, 1.807) is 16.7 Å². The lowest BCUT2D eigenvalue weighted by molar-refractivity contribution is -0.144. The molecule has 3 aliphatic heterocycles. The van der Waals surface area contributed by atoms with Gasteiger partial charge in [-0.3, -0.25) is 14.4 Å². The molecule has 3 N–H and O–H groups in total. The fraction of sp³-hybridized carbons (Fsp3) is 0.679. The van der Waals surface area contributed by atoms with Crippen LogP contribution < -0.4 is 10.6 Å². The zero-order valence-electron chi connectivity index (χ0n) is 22.2. The van der Waals surface area contributed by atoms with E-state index in [4.69, 9.17) is 0 Å². The summed E-state index contributed by atoms with van der Waals surface area (Å²) in [6, 6.07) is 8.51. The molecule has 3 fully saturated rings. The Balaban J connectivity index is 1.69. The molecule has 3 heterocycles. The van der Waals surface area contributed by atoms with Gasteiger partial charge >= 0.3 is 0 Å². The molecule has 9 heteroatoms. The monoisotopic (exact) mass is 593 g/mol. The highest BCUT2D eigenvalue weighted by Gasteiger charge is 2.76. The molecule has 1 spiro atoms. The van der Waals surface area contributed by atoms with Crippen molar-refractivity contribution in [1.29, 1.82) is 0 Å². The number of aliphatic hydroxyl groups excluding tert-OH is 1. The summed E-state index contributed by atoms with van der Waals surface area (Å²) in [5, 5.41) is 16.6. The predicted octanol–water partition coefficient (Wildman–Crippen LogP) is 3.48. The smallest absolute Gasteiger partial charge is 0.244 e. The van der Waals surface area contributed by atoms with Gasteiger partial charge in [-0.15, -0.1) is 11.8 Å². The summed E-state index contributed by atoms with van der Waals surface area (Å²) in [7, 11) is 0. The van der Waals surface area contributed by atoms with Crippen LogP contribution in [0.4, 0.5) is 0 Å². The number of nitrogens with one attached hydrogen (secondary N) is 2. The van der Waals surface area contributed by atoms with E-state index in [0.717, 1.165) is 24.8 Å². The van der Waals surface area contributed by atoms with Gasteiger partial charge in [0.15, 0.2) is 0 Å². The first kappa shape index (κ1) is 28.4. The van der Waals surface area contributed by atoms with E-state index in [9.17, 15) is 19.5 Å². The maximum Gasteiger partial charge on any atom is 0.244 e. The number of alkyl halides is 1. The van der Waals surface area contributed by atoms with E-state index in [1.807, 2.05) is 51.1 Å². The van der Waals surface area contributed by atoms with Crippen LogP contribution in [0.1, 0.15) is 58.9 Å². The lowest BCUT2D eigenvalue weighted by Gasteiger charge is -2.39. The third kappa shape index (κ3) is 5.08. The van der Waals surface area contributed by atoms with Crippen molar-refractivity contribution in [2.24, 2.45) is 17.8 Å². The maximum atomic E-state index is 14.2. The predicted molar refractivity (Wildman–Crippen MR) is 150 cm³/mol. The van der Waals surface area contributed by atoms with Crippen LogP contribution in [0.2, 0.25) is 0 Å². The van der Waals surface area contributed by atoms with Crippen molar-refractivity contribution in [3.8, 4) is 0 Å². The Morgan fingerprint density at radius 1 is 1.22 bits per heavy atom. The van der Waals surface area contributed by atoms with Gasteiger partial charge in [0.05, 0.1) is 29.2 Å². The quantitative estimate of drug-likeness (QED) is 0.341. The third-order valence-corrected chi connectivity index (χ3v) is 11.8. The Morgan fingerprint density at radius 3 is 2.54 bits per heavy atom. The molecule has 9 atom stereocenters. The van der Waals surface area contributed by atoms with E-state index in [-0.39, 0.29) is 46.4 Å². The lowest BCUT2D eigenvalue weighted by atomic mass is 9.70. The van der Waals surface area contributed by atoms with Crippen LogP contribution in [0, 0.1) is 17.8 Å². The molecule has 4 rings (SSSR count). The molecule has 0 aromatic heterocycles. The Hall–Kier alpha value is -1.58. The van der Waals surface area contributed by atoms with Crippen LogP contribution in [0.15, 0.2) is 30.3 Å². The van der Waals surface area contributed by atoms with Crippen molar-refractivity contribution >= 4 is 45.4 Å². The topological polar surface area (TPSA) is 98.7 Å². The first-order valence-corrected chi connectivity index (χ1v) is 15.4. The number of carbonyl (C=O) groups is 3. The van der Waals surface area contributed by atoms with E-state index in [0.29, 0.717) is 13.0 Å². The lowest BCUT2D eigenvalue weighted by Crippen LogP contribution is -2.59. The molecule has 0 aliphatic carbocycles. The number of carbonyl (C=O) groups excluding carboxylic acids is 3. The van der Waals surface area contributed by atoms with E-state index >= 15 is 0 Å². The normalized spacial score (nSPS) is 32.6. The van der Waals surface area contributed by atoms with Gasteiger partial charge in [-0.1, -0.05) is 79.9 Å². The molecule has 3 aliphatic rings. The number of amides is 3. The van der Waals surface area contributed by atoms with Gasteiger partial charge in [0, 0.05) is 22.7 Å². The Morgan fingerprint density at radius 2 is 1.92 bits per heavy atom. The molecule has 3 saturated heterocycles. The molecule has 3 amide bonds. The van der Waals surface area contributed by atoms with Crippen molar-refractivity contribution in [3.63, 3.8) is 0 Å². The van der Waals surface area contributed by atoms with E-state index in [2.05, 4.69) is 33.5 Å². The number of likely N-dealkylation sites (tertiary alicyclic amines) is 1. The number of rotatable bonds is 11. The summed E-state index contributed by atoms with van der Waals surface area (Å²) in [6.07, 6.45) is 3.19. The van der Waals surface area contributed by atoms with Crippen molar-refractivity contribution in [2.75, 3.05) is 6.61 Å². The third-order valence-electron chi connectivity index (χ3n) is 8.54. The number of nitrogens with zero attached hydrogens (tertiary/aromatic N) is 1. The number of halogens is 1. The Bertz CT molecular complexity index is 997. The van der Waals surface area contributed by atoms with Crippen molar-refractivity contribution in [3.05, 3.63) is 35.9 Å². The molecular weight excluding hydrogens is 554 g/mol. The molecule has 204 valence electrons. The first-order chi connectivity index (χ1) is 17.7. The number of benzene rings is 1. The number of thioether (sulfide) groups is 1. The summed E-state index contributed by atoms with van der Waals surface area (Å²) in [5.74, 6) is -1.60. The van der Waals surface area contributed by atoms with Crippen LogP contribution >= 0.6 is 27.7 Å². The average molecular weight is 595 g/mol. The second kappa shape index (κ2) is 11.7. The molecule has 37 heavy (non-hydrogen) atoms.